The van der Waals surface area contributed by atoms with E-state index in [1.165, 1.54) is 30.9 Å². The molecule has 0 radical (unpaired) electrons. The van der Waals surface area contributed by atoms with E-state index in [1.54, 1.807) is 0 Å². The lowest BCUT2D eigenvalue weighted by atomic mass is 9.90. The van der Waals surface area contributed by atoms with Crippen LogP contribution in [0.4, 0.5) is 11.4 Å². The number of hydrogen-bond donors (Lipinski definition) is 3. The van der Waals surface area contributed by atoms with Crippen LogP contribution >= 0.6 is 0 Å². The number of hydrogen-bond acceptors (Lipinski definition) is 2. The first-order valence-electron chi connectivity index (χ1n) is 8.66. The van der Waals surface area contributed by atoms with Crippen LogP contribution in [0.25, 0.3) is 0 Å². The Kier molecular flexibility index (Phi) is 5.33. The van der Waals surface area contributed by atoms with Crippen LogP contribution in [0, 0.1) is 0 Å². The van der Waals surface area contributed by atoms with E-state index in [-0.39, 0.29) is 5.91 Å². The molecule has 1 aliphatic carbocycles. The minimum atomic E-state index is -0.0873. The number of benzene rings is 2. The molecular formula is C20H24N4O. The van der Waals surface area contributed by atoms with Crippen molar-refractivity contribution in [1.82, 2.24) is 0 Å². The van der Waals surface area contributed by atoms with Crippen molar-refractivity contribution in [2.45, 2.75) is 39.2 Å². The maximum atomic E-state index is 11.1. The fourth-order valence-corrected chi connectivity index (χ4v) is 3.20. The molecule has 2 aromatic rings. The molecule has 5 nitrogen and oxygen atoms in total. The molecule has 0 atom stereocenters. The average molecular weight is 336 g/mol. The van der Waals surface area contributed by atoms with Gasteiger partial charge in [-0.1, -0.05) is 24.3 Å². The lowest BCUT2D eigenvalue weighted by molar-refractivity contribution is -0.114. The summed E-state index contributed by atoms with van der Waals surface area (Å²) in [5, 5.41) is 6.02. The van der Waals surface area contributed by atoms with E-state index in [0.29, 0.717) is 12.5 Å². The molecule has 5 heteroatoms. The fourth-order valence-electron chi connectivity index (χ4n) is 3.20. The third-order valence-corrected chi connectivity index (χ3v) is 4.34. The Bertz CT molecular complexity index is 798. The van der Waals surface area contributed by atoms with Crippen LogP contribution in [0.2, 0.25) is 0 Å². The number of anilines is 2. The highest BCUT2D eigenvalue weighted by Crippen LogP contribution is 2.27. The van der Waals surface area contributed by atoms with Crippen molar-refractivity contribution in [3.63, 3.8) is 0 Å². The third kappa shape index (κ3) is 4.59. The monoisotopic (exact) mass is 336 g/mol. The smallest absolute Gasteiger partial charge is 0.221 e. The van der Waals surface area contributed by atoms with Gasteiger partial charge in [0.25, 0.3) is 0 Å². The van der Waals surface area contributed by atoms with Gasteiger partial charge < -0.3 is 16.4 Å². The second-order valence-corrected chi connectivity index (χ2v) is 6.36. The van der Waals surface area contributed by atoms with Gasteiger partial charge in [0.05, 0.1) is 6.54 Å². The Morgan fingerprint density at radius 3 is 2.76 bits per heavy atom. The summed E-state index contributed by atoms with van der Waals surface area (Å²) in [5.41, 5.74) is 11.7. The van der Waals surface area contributed by atoms with Crippen molar-refractivity contribution < 1.29 is 4.79 Å². The topological polar surface area (TPSA) is 79.5 Å². The van der Waals surface area contributed by atoms with Crippen molar-refractivity contribution in [1.29, 1.82) is 0 Å². The number of carbonyl (C=O) groups is 1. The van der Waals surface area contributed by atoms with Crippen molar-refractivity contribution >= 4 is 23.2 Å². The molecule has 1 aliphatic rings. The molecule has 0 fully saturated rings. The minimum Gasteiger partial charge on any atom is -0.370 e. The SMILES string of the molecule is CC(=O)Nc1cccc(CN=C(N)Nc2cccc3c2CCCC3)c1. The second kappa shape index (κ2) is 7.83. The molecule has 0 aliphatic heterocycles. The lowest BCUT2D eigenvalue weighted by Crippen LogP contribution is -2.24. The summed E-state index contributed by atoms with van der Waals surface area (Å²) in [4.78, 5) is 15.6. The highest BCUT2D eigenvalue weighted by atomic mass is 16.1. The van der Waals surface area contributed by atoms with E-state index in [0.717, 1.165) is 29.8 Å². The number of nitrogens with two attached hydrogens (primary N) is 1. The Morgan fingerprint density at radius 2 is 1.92 bits per heavy atom. The van der Waals surface area contributed by atoms with E-state index in [4.69, 9.17) is 5.73 Å². The number of fused-ring (bicyclic) bond motifs is 1. The van der Waals surface area contributed by atoms with Crippen molar-refractivity contribution in [3.05, 3.63) is 59.2 Å². The molecule has 0 spiro atoms. The van der Waals surface area contributed by atoms with Gasteiger partial charge in [0.2, 0.25) is 5.91 Å². The summed E-state index contributed by atoms with van der Waals surface area (Å²) in [6, 6.07) is 13.9. The molecule has 3 rings (SSSR count). The zero-order valence-corrected chi connectivity index (χ0v) is 14.5. The Labute approximate surface area is 148 Å². The number of aliphatic imine (C=N–C) groups is 1. The summed E-state index contributed by atoms with van der Waals surface area (Å²) in [6.07, 6.45) is 4.70. The molecule has 0 unspecified atom stereocenters. The highest BCUT2D eigenvalue weighted by molar-refractivity contribution is 5.93. The lowest BCUT2D eigenvalue weighted by Gasteiger charge is -2.19. The van der Waals surface area contributed by atoms with E-state index in [1.807, 2.05) is 24.3 Å². The van der Waals surface area contributed by atoms with E-state index >= 15 is 0 Å². The maximum Gasteiger partial charge on any atom is 0.221 e. The first kappa shape index (κ1) is 17.0. The summed E-state index contributed by atoms with van der Waals surface area (Å²) in [6.45, 7) is 1.95. The summed E-state index contributed by atoms with van der Waals surface area (Å²) in [7, 11) is 0. The molecular weight excluding hydrogens is 312 g/mol. The Morgan fingerprint density at radius 1 is 1.12 bits per heavy atom. The molecule has 0 bridgehead atoms. The molecule has 0 heterocycles. The highest BCUT2D eigenvalue weighted by Gasteiger charge is 2.13. The van der Waals surface area contributed by atoms with Gasteiger partial charge >= 0.3 is 0 Å². The molecule has 0 aromatic heterocycles. The van der Waals surface area contributed by atoms with Gasteiger partial charge in [0.1, 0.15) is 0 Å². The average Bonchev–Trinajstić information content (AvgIpc) is 2.60. The third-order valence-electron chi connectivity index (χ3n) is 4.34. The molecule has 1 amide bonds. The van der Waals surface area contributed by atoms with Crippen LogP contribution in [-0.4, -0.2) is 11.9 Å². The summed E-state index contributed by atoms with van der Waals surface area (Å²) in [5.74, 6) is 0.319. The molecule has 25 heavy (non-hydrogen) atoms. The molecule has 0 saturated carbocycles. The number of rotatable bonds is 4. The van der Waals surface area contributed by atoms with Crippen LogP contribution in [0.3, 0.4) is 0 Å². The number of nitrogens with one attached hydrogen (secondary N) is 2. The number of aryl methyl sites for hydroxylation is 1. The Balaban J connectivity index is 1.68. The number of amides is 1. The number of nitrogens with zero attached hydrogens (tertiary/aromatic N) is 1. The van der Waals surface area contributed by atoms with Crippen LogP contribution in [0.15, 0.2) is 47.5 Å². The maximum absolute atomic E-state index is 11.1. The molecule has 0 saturated heterocycles. The minimum absolute atomic E-state index is 0.0873. The fraction of sp³-hybridized carbons (Fsp3) is 0.300. The standard InChI is InChI=1S/C20H24N4O/c1-14(25)23-17-9-4-6-15(12-17)13-22-20(21)24-19-11-5-8-16-7-2-3-10-18(16)19/h4-6,8-9,11-12H,2-3,7,10,13H2,1H3,(H,23,25)(H3,21,22,24). The van der Waals surface area contributed by atoms with Gasteiger partial charge in [-0.3, -0.25) is 4.79 Å². The molecule has 2 aromatic carbocycles. The Hall–Kier alpha value is -2.82. The number of carbonyl (C=O) groups excluding carboxylic acids is 1. The summed E-state index contributed by atoms with van der Waals surface area (Å²) < 4.78 is 0. The zero-order chi connectivity index (χ0) is 17.6. The van der Waals surface area contributed by atoms with Gasteiger partial charge in [-0.2, -0.15) is 0 Å². The van der Waals surface area contributed by atoms with Gasteiger partial charge in [0, 0.05) is 18.3 Å². The normalized spacial score (nSPS) is 13.9. The van der Waals surface area contributed by atoms with Gasteiger partial charge in [0.15, 0.2) is 5.96 Å². The predicted octanol–water partition coefficient (Wildman–Crippen LogP) is 3.45. The quantitative estimate of drug-likeness (QED) is 0.591. The second-order valence-electron chi connectivity index (χ2n) is 6.36. The van der Waals surface area contributed by atoms with Crippen LogP contribution in [0.5, 0.6) is 0 Å². The van der Waals surface area contributed by atoms with Crippen molar-refractivity contribution in [3.8, 4) is 0 Å². The van der Waals surface area contributed by atoms with Gasteiger partial charge in [-0.25, -0.2) is 4.99 Å². The van der Waals surface area contributed by atoms with E-state index in [2.05, 4.69) is 33.8 Å². The van der Waals surface area contributed by atoms with Crippen LogP contribution in [-0.2, 0) is 24.2 Å². The van der Waals surface area contributed by atoms with Gasteiger partial charge in [-0.05, 0) is 60.6 Å². The largest absolute Gasteiger partial charge is 0.370 e. The number of guanidine groups is 1. The van der Waals surface area contributed by atoms with Crippen molar-refractivity contribution in [2.75, 3.05) is 10.6 Å². The van der Waals surface area contributed by atoms with Crippen molar-refractivity contribution in [2.24, 2.45) is 10.7 Å². The first-order valence-corrected chi connectivity index (χ1v) is 8.66. The summed E-state index contributed by atoms with van der Waals surface area (Å²) >= 11 is 0. The predicted molar refractivity (Wildman–Crippen MR) is 103 cm³/mol. The molecule has 130 valence electrons. The van der Waals surface area contributed by atoms with E-state index < -0.39 is 0 Å². The van der Waals surface area contributed by atoms with Crippen LogP contribution in [0.1, 0.15) is 36.5 Å². The molecule has 4 N–H and O–H groups in total. The first-order chi connectivity index (χ1) is 12.1. The van der Waals surface area contributed by atoms with E-state index in [9.17, 15) is 4.79 Å². The zero-order valence-electron chi connectivity index (χ0n) is 14.5. The van der Waals surface area contributed by atoms with Crippen LogP contribution < -0.4 is 16.4 Å². The van der Waals surface area contributed by atoms with Gasteiger partial charge in [-0.15, -0.1) is 0 Å².